The van der Waals surface area contributed by atoms with Crippen LogP contribution in [0.5, 0.6) is 0 Å². The third kappa shape index (κ3) is 4.06. The van der Waals surface area contributed by atoms with Crippen molar-refractivity contribution >= 4 is 34.5 Å². The standard InChI is InChI=1S/C24H21ClN6O3/c1-15-12-29(7-8-31(15)24(33)34)23(32)17-5-6-19-20(25)11-21(28-22(19)10-17)16-3-2-4-18(9-16)30-13-26-27-14-30/h2-6,9-11,13-15H,7-8,12H2,1H3,(H,33,34)/t15-/m1/s1. The Hall–Kier alpha value is -3.98. The monoisotopic (exact) mass is 476 g/mol. The number of carbonyl (C=O) groups excluding carboxylic acids is 1. The van der Waals surface area contributed by atoms with E-state index in [0.717, 1.165) is 16.6 Å². The highest BCUT2D eigenvalue weighted by Gasteiger charge is 2.30. The summed E-state index contributed by atoms with van der Waals surface area (Å²) in [6.45, 7) is 2.77. The van der Waals surface area contributed by atoms with Gasteiger partial charge in [0.1, 0.15) is 12.7 Å². The molecule has 2 aromatic heterocycles. The fourth-order valence-electron chi connectivity index (χ4n) is 4.24. The number of rotatable bonds is 3. The van der Waals surface area contributed by atoms with Gasteiger partial charge in [0.25, 0.3) is 5.91 Å². The summed E-state index contributed by atoms with van der Waals surface area (Å²) in [5, 5.41) is 18.3. The van der Waals surface area contributed by atoms with Crippen molar-refractivity contribution in [3.8, 4) is 16.9 Å². The van der Waals surface area contributed by atoms with E-state index in [0.29, 0.717) is 34.9 Å². The number of carboxylic acid groups (broad SMARTS) is 1. The molecule has 5 rings (SSSR count). The normalized spacial score (nSPS) is 16.1. The van der Waals surface area contributed by atoms with Crippen molar-refractivity contribution in [2.45, 2.75) is 13.0 Å². The number of nitrogens with zero attached hydrogens (tertiary/aromatic N) is 6. The zero-order valence-electron chi connectivity index (χ0n) is 18.3. The fourth-order valence-corrected chi connectivity index (χ4v) is 4.50. The van der Waals surface area contributed by atoms with E-state index in [1.807, 2.05) is 30.3 Å². The molecule has 1 fully saturated rings. The Balaban J connectivity index is 1.46. The number of hydrogen-bond acceptors (Lipinski definition) is 5. The zero-order valence-corrected chi connectivity index (χ0v) is 19.1. The lowest BCUT2D eigenvalue weighted by Gasteiger charge is -2.38. The molecule has 0 aliphatic carbocycles. The van der Waals surface area contributed by atoms with Gasteiger partial charge in [-0.3, -0.25) is 9.36 Å². The molecule has 4 aromatic rings. The second kappa shape index (κ2) is 8.75. The van der Waals surface area contributed by atoms with Gasteiger partial charge in [0, 0.05) is 47.9 Å². The number of fused-ring (bicyclic) bond motifs is 1. The molecule has 0 radical (unpaired) electrons. The summed E-state index contributed by atoms with van der Waals surface area (Å²) in [4.78, 5) is 32.3. The van der Waals surface area contributed by atoms with Gasteiger partial charge in [-0.2, -0.15) is 0 Å². The summed E-state index contributed by atoms with van der Waals surface area (Å²) < 4.78 is 1.80. The van der Waals surface area contributed by atoms with E-state index in [-0.39, 0.29) is 18.5 Å². The maximum Gasteiger partial charge on any atom is 0.407 e. The Morgan fingerprint density at radius 1 is 1.06 bits per heavy atom. The van der Waals surface area contributed by atoms with Crippen LogP contribution < -0.4 is 0 Å². The van der Waals surface area contributed by atoms with Crippen LogP contribution in [0.2, 0.25) is 5.02 Å². The van der Waals surface area contributed by atoms with Crippen LogP contribution in [0.25, 0.3) is 27.8 Å². The predicted molar refractivity (Wildman–Crippen MR) is 127 cm³/mol. The number of aromatic nitrogens is 4. The number of carbonyl (C=O) groups is 2. The van der Waals surface area contributed by atoms with Crippen LogP contribution in [-0.4, -0.2) is 72.3 Å². The van der Waals surface area contributed by atoms with Gasteiger partial charge in [-0.05, 0) is 37.3 Å². The molecule has 10 heteroatoms. The van der Waals surface area contributed by atoms with E-state index in [1.54, 1.807) is 47.2 Å². The maximum atomic E-state index is 13.2. The van der Waals surface area contributed by atoms with Gasteiger partial charge in [-0.15, -0.1) is 10.2 Å². The van der Waals surface area contributed by atoms with Crippen LogP contribution in [0.4, 0.5) is 4.79 Å². The minimum atomic E-state index is -0.968. The van der Waals surface area contributed by atoms with Gasteiger partial charge in [0.05, 0.1) is 16.2 Å². The predicted octanol–water partition coefficient (Wildman–Crippen LogP) is 3.96. The first kappa shape index (κ1) is 21.8. The molecule has 172 valence electrons. The summed E-state index contributed by atoms with van der Waals surface area (Å²) >= 11 is 6.58. The third-order valence-electron chi connectivity index (χ3n) is 6.03. The van der Waals surface area contributed by atoms with Gasteiger partial charge in [0.2, 0.25) is 0 Å². The Kier molecular flexibility index (Phi) is 5.62. The number of benzene rings is 2. The minimum absolute atomic E-state index is 0.156. The average Bonchev–Trinajstić information content (AvgIpc) is 3.38. The summed E-state index contributed by atoms with van der Waals surface area (Å²) in [5.41, 5.74) is 3.54. The number of piperazine rings is 1. The van der Waals surface area contributed by atoms with E-state index in [4.69, 9.17) is 16.6 Å². The van der Waals surface area contributed by atoms with E-state index >= 15 is 0 Å². The highest BCUT2D eigenvalue weighted by molar-refractivity contribution is 6.35. The van der Waals surface area contributed by atoms with E-state index in [9.17, 15) is 14.7 Å². The van der Waals surface area contributed by atoms with Crippen molar-refractivity contribution in [3.05, 3.63) is 71.8 Å². The molecule has 3 heterocycles. The minimum Gasteiger partial charge on any atom is -0.465 e. The smallest absolute Gasteiger partial charge is 0.407 e. The summed E-state index contributed by atoms with van der Waals surface area (Å²) in [5.74, 6) is -0.156. The lowest BCUT2D eigenvalue weighted by Crippen LogP contribution is -2.55. The zero-order chi connectivity index (χ0) is 23.8. The first-order valence-electron chi connectivity index (χ1n) is 10.8. The number of pyridine rings is 1. The molecule has 0 bridgehead atoms. The van der Waals surface area contributed by atoms with Crippen molar-refractivity contribution in [3.63, 3.8) is 0 Å². The highest BCUT2D eigenvalue weighted by Crippen LogP contribution is 2.30. The second-order valence-corrected chi connectivity index (χ2v) is 8.62. The van der Waals surface area contributed by atoms with Crippen LogP contribution >= 0.6 is 11.6 Å². The quantitative estimate of drug-likeness (QED) is 0.480. The van der Waals surface area contributed by atoms with Crippen molar-refractivity contribution in [2.75, 3.05) is 19.6 Å². The Labute approximate surface area is 200 Å². The first-order chi connectivity index (χ1) is 16.4. The lowest BCUT2D eigenvalue weighted by atomic mass is 10.1. The van der Waals surface area contributed by atoms with Gasteiger partial charge >= 0.3 is 6.09 Å². The third-order valence-corrected chi connectivity index (χ3v) is 6.34. The largest absolute Gasteiger partial charge is 0.465 e. The van der Waals surface area contributed by atoms with Crippen molar-refractivity contribution in [1.82, 2.24) is 29.5 Å². The SMILES string of the molecule is C[C@@H]1CN(C(=O)c2ccc3c(Cl)cc(-c4cccc(-n5cnnc5)c4)nc3c2)CCN1C(=O)O. The molecule has 34 heavy (non-hydrogen) atoms. The molecule has 9 nitrogen and oxygen atoms in total. The van der Waals surface area contributed by atoms with Crippen LogP contribution in [-0.2, 0) is 0 Å². The van der Waals surface area contributed by atoms with E-state index < -0.39 is 6.09 Å². The average molecular weight is 477 g/mol. The van der Waals surface area contributed by atoms with Gasteiger partial charge < -0.3 is 14.9 Å². The topological polar surface area (TPSA) is 104 Å². The second-order valence-electron chi connectivity index (χ2n) is 8.22. The molecular weight excluding hydrogens is 456 g/mol. The number of amides is 2. The van der Waals surface area contributed by atoms with Crippen LogP contribution in [0.1, 0.15) is 17.3 Å². The Bertz CT molecular complexity index is 1390. The molecule has 1 saturated heterocycles. The lowest BCUT2D eigenvalue weighted by molar-refractivity contribution is 0.0507. The first-order valence-corrected chi connectivity index (χ1v) is 11.1. The molecule has 1 aliphatic rings. The van der Waals surface area contributed by atoms with Crippen LogP contribution in [0, 0.1) is 0 Å². The summed E-state index contributed by atoms with van der Waals surface area (Å²) in [6, 6.07) is 14.6. The molecule has 0 unspecified atom stereocenters. The molecule has 2 aromatic carbocycles. The van der Waals surface area contributed by atoms with Crippen LogP contribution in [0.3, 0.4) is 0 Å². The van der Waals surface area contributed by atoms with Gasteiger partial charge in [-0.25, -0.2) is 9.78 Å². The van der Waals surface area contributed by atoms with E-state index in [2.05, 4.69) is 10.2 Å². The molecule has 2 amide bonds. The van der Waals surface area contributed by atoms with Gasteiger partial charge in [-0.1, -0.05) is 29.8 Å². The Morgan fingerprint density at radius 3 is 2.59 bits per heavy atom. The maximum absolute atomic E-state index is 13.2. The van der Waals surface area contributed by atoms with Crippen molar-refractivity contribution in [1.29, 1.82) is 0 Å². The van der Waals surface area contributed by atoms with Crippen LogP contribution in [0.15, 0.2) is 61.2 Å². The summed E-state index contributed by atoms with van der Waals surface area (Å²) in [6.07, 6.45) is 2.27. The summed E-state index contributed by atoms with van der Waals surface area (Å²) in [7, 11) is 0. The molecule has 1 atom stereocenters. The van der Waals surface area contributed by atoms with E-state index in [1.165, 1.54) is 4.90 Å². The molecular formula is C24H21ClN6O3. The van der Waals surface area contributed by atoms with Gasteiger partial charge in [0.15, 0.2) is 0 Å². The number of halogens is 1. The van der Waals surface area contributed by atoms with Crippen molar-refractivity contribution in [2.24, 2.45) is 0 Å². The fraction of sp³-hybridized carbons (Fsp3) is 0.208. The highest BCUT2D eigenvalue weighted by atomic mass is 35.5. The number of hydrogen-bond donors (Lipinski definition) is 1. The molecule has 0 saturated carbocycles. The molecule has 0 spiro atoms. The Morgan fingerprint density at radius 2 is 1.85 bits per heavy atom. The van der Waals surface area contributed by atoms with Crippen molar-refractivity contribution < 1.29 is 14.7 Å². The molecule has 1 aliphatic heterocycles. The molecule has 1 N–H and O–H groups in total.